The summed E-state index contributed by atoms with van der Waals surface area (Å²) in [6.45, 7) is 2.61. The second-order valence-electron chi connectivity index (χ2n) is 8.42. The van der Waals surface area contributed by atoms with E-state index in [1.165, 1.54) is 18.8 Å². The molecular formula is C23H30N6O2. The number of carbonyl (C=O) groups excluding carboxylic acids is 2. The Kier molecular flexibility index (Phi) is 7.19. The third kappa shape index (κ3) is 5.85. The van der Waals surface area contributed by atoms with E-state index in [1.807, 2.05) is 24.4 Å². The molecule has 1 saturated heterocycles. The molecule has 0 aromatic carbocycles. The number of amides is 2. The summed E-state index contributed by atoms with van der Waals surface area (Å²) in [7, 11) is 0. The van der Waals surface area contributed by atoms with Crippen molar-refractivity contribution in [3.8, 4) is 0 Å². The Morgan fingerprint density at radius 2 is 1.71 bits per heavy atom. The number of pyridine rings is 1. The molecule has 3 heterocycles. The van der Waals surface area contributed by atoms with E-state index in [-0.39, 0.29) is 35.3 Å². The Morgan fingerprint density at radius 1 is 0.935 bits per heavy atom. The molecule has 0 radical (unpaired) electrons. The van der Waals surface area contributed by atoms with Crippen LogP contribution in [0, 0.1) is 5.92 Å². The maximum atomic E-state index is 12.9. The number of rotatable bonds is 6. The summed E-state index contributed by atoms with van der Waals surface area (Å²) in [6, 6.07) is 6.03. The molecule has 2 aliphatic rings. The number of hydrogen-bond acceptors (Lipinski definition) is 6. The second-order valence-corrected chi connectivity index (χ2v) is 8.42. The fraction of sp³-hybridized carbons (Fsp3) is 0.522. The maximum Gasteiger partial charge on any atom is 0.273 e. The van der Waals surface area contributed by atoms with Crippen molar-refractivity contribution in [3.05, 3.63) is 48.2 Å². The minimum atomic E-state index is -0.282. The van der Waals surface area contributed by atoms with E-state index in [4.69, 9.17) is 0 Å². The Labute approximate surface area is 182 Å². The van der Waals surface area contributed by atoms with Gasteiger partial charge in [0.1, 0.15) is 0 Å². The summed E-state index contributed by atoms with van der Waals surface area (Å²) in [4.78, 5) is 40.6. The largest absolute Gasteiger partial charge is 0.348 e. The first kappa shape index (κ1) is 21.4. The highest BCUT2D eigenvalue weighted by molar-refractivity contribution is 6.01. The summed E-state index contributed by atoms with van der Waals surface area (Å²) in [5.74, 6) is -0.0921. The van der Waals surface area contributed by atoms with Crippen molar-refractivity contribution >= 4 is 17.6 Å². The standard InChI is InChI=1S/C23H30N6O2/c30-22(17-6-2-1-3-7-17)28-21-20(25-12-13-26-21)23(31)27-18-9-14-29(15-10-18)16-19-8-4-5-11-24-19/h4-5,8,11-13,17-18H,1-3,6-7,9-10,14-16H2,(H,27,31)(H,26,28,30). The first-order chi connectivity index (χ1) is 15.2. The Hall–Kier alpha value is -2.87. The van der Waals surface area contributed by atoms with Crippen molar-refractivity contribution in [2.75, 3.05) is 18.4 Å². The van der Waals surface area contributed by atoms with E-state index < -0.39 is 0 Å². The topological polar surface area (TPSA) is 100 Å². The number of nitrogens with one attached hydrogen (secondary N) is 2. The smallest absolute Gasteiger partial charge is 0.273 e. The summed E-state index contributed by atoms with van der Waals surface area (Å²) < 4.78 is 0. The highest BCUT2D eigenvalue weighted by atomic mass is 16.2. The van der Waals surface area contributed by atoms with Crippen LogP contribution in [-0.2, 0) is 11.3 Å². The Balaban J connectivity index is 1.30. The molecule has 1 aliphatic carbocycles. The minimum absolute atomic E-state index is 0.00454. The molecule has 164 valence electrons. The third-order valence-electron chi connectivity index (χ3n) is 6.17. The predicted molar refractivity (Wildman–Crippen MR) is 117 cm³/mol. The van der Waals surface area contributed by atoms with Crippen LogP contribution >= 0.6 is 0 Å². The SMILES string of the molecule is O=C(NC1CCN(Cc2ccccn2)CC1)c1nccnc1NC(=O)C1CCCCC1. The normalized spacial score (nSPS) is 18.5. The van der Waals surface area contributed by atoms with Crippen LogP contribution in [-0.4, -0.2) is 50.8 Å². The van der Waals surface area contributed by atoms with Crippen LogP contribution < -0.4 is 10.6 Å². The van der Waals surface area contributed by atoms with Gasteiger partial charge in [0.05, 0.1) is 5.69 Å². The van der Waals surface area contributed by atoms with Crippen LogP contribution in [0.4, 0.5) is 5.82 Å². The molecule has 8 nitrogen and oxygen atoms in total. The number of carbonyl (C=O) groups is 2. The lowest BCUT2D eigenvalue weighted by atomic mass is 9.89. The van der Waals surface area contributed by atoms with Crippen LogP contribution in [0.5, 0.6) is 0 Å². The van der Waals surface area contributed by atoms with E-state index in [9.17, 15) is 9.59 Å². The lowest BCUT2D eigenvalue weighted by Crippen LogP contribution is -2.44. The average molecular weight is 423 g/mol. The molecule has 2 aromatic heterocycles. The molecule has 8 heteroatoms. The molecule has 2 N–H and O–H groups in total. The van der Waals surface area contributed by atoms with Gasteiger partial charge in [-0.1, -0.05) is 25.3 Å². The number of nitrogens with zero attached hydrogens (tertiary/aromatic N) is 4. The summed E-state index contributed by atoms with van der Waals surface area (Å²) in [5.41, 5.74) is 1.24. The zero-order valence-corrected chi connectivity index (χ0v) is 17.8. The van der Waals surface area contributed by atoms with Gasteiger partial charge < -0.3 is 10.6 Å². The Morgan fingerprint density at radius 3 is 2.45 bits per heavy atom. The van der Waals surface area contributed by atoms with Gasteiger partial charge in [-0.25, -0.2) is 9.97 Å². The predicted octanol–water partition coefficient (Wildman–Crippen LogP) is 2.78. The van der Waals surface area contributed by atoms with Gasteiger partial charge in [-0.15, -0.1) is 0 Å². The molecule has 4 rings (SSSR count). The van der Waals surface area contributed by atoms with Crippen LogP contribution in [0.25, 0.3) is 0 Å². The van der Waals surface area contributed by atoms with Crippen molar-refractivity contribution in [1.82, 2.24) is 25.2 Å². The quantitative estimate of drug-likeness (QED) is 0.743. The zero-order valence-electron chi connectivity index (χ0n) is 17.8. The van der Waals surface area contributed by atoms with E-state index in [2.05, 4.69) is 30.5 Å². The lowest BCUT2D eigenvalue weighted by molar-refractivity contribution is -0.120. The fourth-order valence-corrected chi connectivity index (χ4v) is 4.39. The number of anilines is 1. The van der Waals surface area contributed by atoms with Gasteiger partial charge in [0.15, 0.2) is 11.5 Å². The van der Waals surface area contributed by atoms with Crippen molar-refractivity contribution in [2.24, 2.45) is 5.92 Å². The molecule has 2 aromatic rings. The van der Waals surface area contributed by atoms with Crippen LogP contribution in [0.2, 0.25) is 0 Å². The number of hydrogen-bond donors (Lipinski definition) is 2. The molecule has 0 unspecified atom stereocenters. The molecule has 0 spiro atoms. The average Bonchev–Trinajstić information content (AvgIpc) is 2.82. The summed E-state index contributed by atoms with van der Waals surface area (Å²) in [6.07, 6.45) is 11.7. The van der Waals surface area contributed by atoms with Gasteiger partial charge >= 0.3 is 0 Å². The van der Waals surface area contributed by atoms with Gasteiger partial charge in [0, 0.05) is 50.2 Å². The molecule has 31 heavy (non-hydrogen) atoms. The molecular weight excluding hydrogens is 392 g/mol. The molecule has 0 atom stereocenters. The van der Waals surface area contributed by atoms with Crippen LogP contribution in [0.3, 0.4) is 0 Å². The lowest BCUT2D eigenvalue weighted by Gasteiger charge is -2.32. The first-order valence-electron chi connectivity index (χ1n) is 11.2. The number of piperidine rings is 1. The molecule has 1 saturated carbocycles. The van der Waals surface area contributed by atoms with Crippen molar-refractivity contribution in [1.29, 1.82) is 0 Å². The van der Waals surface area contributed by atoms with Crippen molar-refractivity contribution < 1.29 is 9.59 Å². The van der Waals surface area contributed by atoms with Crippen molar-refractivity contribution in [3.63, 3.8) is 0 Å². The van der Waals surface area contributed by atoms with E-state index >= 15 is 0 Å². The van der Waals surface area contributed by atoms with E-state index in [0.717, 1.165) is 63.9 Å². The van der Waals surface area contributed by atoms with E-state index in [1.54, 1.807) is 0 Å². The van der Waals surface area contributed by atoms with Gasteiger partial charge in [-0.2, -0.15) is 0 Å². The van der Waals surface area contributed by atoms with Crippen LogP contribution in [0.15, 0.2) is 36.8 Å². The minimum Gasteiger partial charge on any atom is -0.348 e. The molecule has 0 bridgehead atoms. The van der Waals surface area contributed by atoms with Gasteiger partial charge in [0.2, 0.25) is 5.91 Å². The zero-order chi connectivity index (χ0) is 21.5. The summed E-state index contributed by atoms with van der Waals surface area (Å²) >= 11 is 0. The van der Waals surface area contributed by atoms with Crippen LogP contribution in [0.1, 0.15) is 61.1 Å². The van der Waals surface area contributed by atoms with Gasteiger partial charge in [0.25, 0.3) is 5.91 Å². The molecule has 2 fully saturated rings. The van der Waals surface area contributed by atoms with Crippen molar-refractivity contribution in [2.45, 2.75) is 57.5 Å². The van der Waals surface area contributed by atoms with E-state index in [0.29, 0.717) is 0 Å². The maximum absolute atomic E-state index is 12.9. The molecule has 1 aliphatic heterocycles. The highest BCUT2D eigenvalue weighted by Crippen LogP contribution is 2.25. The summed E-state index contributed by atoms with van der Waals surface area (Å²) in [5, 5.41) is 5.92. The number of aromatic nitrogens is 3. The Bertz CT molecular complexity index is 877. The number of likely N-dealkylation sites (tertiary alicyclic amines) is 1. The monoisotopic (exact) mass is 422 g/mol. The van der Waals surface area contributed by atoms with Gasteiger partial charge in [-0.3, -0.25) is 19.5 Å². The second kappa shape index (κ2) is 10.4. The highest BCUT2D eigenvalue weighted by Gasteiger charge is 2.26. The molecule has 2 amide bonds. The van der Waals surface area contributed by atoms with Gasteiger partial charge in [-0.05, 0) is 37.8 Å². The fourth-order valence-electron chi connectivity index (χ4n) is 4.39. The first-order valence-corrected chi connectivity index (χ1v) is 11.2. The third-order valence-corrected chi connectivity index (χ3v) is 6.17.